The van der Waals surface area contributed by atoms with Crippen LogP contribution in [0.15, 0.2) is 54.7 Å². The fraction of sp³-hybridized carbons (Fsp3) is 0.280. The van der Waals surface area contributed by atoms with Crippen molar-refractivity contribution in [1.82, 2.24) is 15.1 Å². The molecule has 0 bridgehead atoms. The number of aromatic nitrogens is 2. The number of rotatable bonds is 7. The highest BCUT2D eigenvalue weighted by atomic mass is 16.5. The summed E-state index contributed by atoms with van der Waals surface area (Å²) in [6.07, 6.45) is 0.637. The van der Waals surface area contributed by atoms with Gasteiger partial charge in [-0.05, 0) is 36.1 Å². The molecule has 1 aliphatic rings. The topological polar surface area (TPSA) is 123 Å². The number of nitrogens with zero attached hydrogens (tertiary/aromatic N) is 2. The van der Waals surface area contributed by atoms with E-state index in [4.69, 9.17) is 9.84 Å². The van der Waals surface area contributed by atoms with Crippen molar-refractivity contribution >= 4 is 23.7 Å². The van der Waals surface area contributed by atoms with Crippen LogP contribution < -0.4 is 10.6 Å². The number of ether oxygens (including phenoxy) is 1. The van der Waals surface area contributed by atoms with Gasteiger partial charge in [0.1, 0.15) is 12.3 Å². The normalized spacial score (nSPS) is 14.0. The summed E-state index contributed by atoms with van der Waals surface area (Å²) in [6.45, 7) is 3.24. The van der Waals surface area contributed by atoms with E-state index in [0.29, 0.717) is 0 Å². The average Bonchev–Trinajstić information content (AvgIpc) is 3.34. The zero-order chi connectivity index (χ0) is 24.4. The third kappa shape index (κ3) is 4.36. The van der Waals surface area contributed by atoms with E-state index in [2.05, 4.69) is 27.9 Å². The number of aliphatic carboxylic acids is 1. The Labute approximate surface area is 196 Å². The minimum absolute atomic E-state index is 0.0897. The van der Waals surface area contributed by atoms with E-state index in [1.165, 1.54) is 17.8 Å². The summed E-state index contributed by atoms with van der Waals surface area (Å²) < 4.78 is 6.85. The van der Waals surface area contributed by atoms with Crippen LogP contribution in [0, 0.1) is 5.92 Å². The van der Waals surface area contributed by atoms with Gasteiger partial charge in [0.2, 0.25) is 0 Å². The van der Waals surface area contributed by atoms with Crippen LogP contribution in [0.2, 0.25) is 0 Å². The van der Waals surface area contributed by atoms with E-state index in [-0.39, 0.29) is 23.9 Å². The minimum atomic E-state index is -1.02. The van der Waals surface area contributed by atoms with Crippen LogP contribution in [0.3, 0.4) is 0 Å². The molecule has 1 heterocycles. The number of amides is 2. The quantitative estimate of drug-likeness (QED) is 0.493. The zero-order valence-electron chi connectivity index (χ0n) is 19.1. The summed E-state index contributed by atoms with van der Waals surface area (Å²) in [5.41, 5.74) is 4.72. The molecule has 0 radical (unpaired) electrons. The molecular formula is C25H26N4O5. The molecule has 1 aromatic heterocycles. The van der Waals surface area contributed by atoms with Crippen molar-refractivity contribution in [2.24, 2.45) is 13.0 Å². The summed E-state index contributed by atoms with van der Waals surface area (Å²) >= 11 is 0. The van der Waals surface area contributed by atoms with Gasteiger partial charge in [-0.3, -0.25) is 19.6 Å². The van der Waals surface area contributed by atoms with E-state index in [0.717, 1.165) is 22.3 Å². The summed E-state index contributed by atoms with van der Waals surface area (Å²) in [4.78, 5) is 36.5. The van der Waals surface area contributed by atoms with Gasteiger partial charge in [0, 0.05) is 19.0 Å². The van der Waals surface area contributed by atoms with E-state index < -0.39 is 29.9 Å². The van der Waals surface area contributed by atoms with Crippen molar-refractivity contribution in [2.75, 3.05) is 11.9 Å². The molecule has 2 atom stereocenters. The summed E-state index contributed by atoms with van der Waals surface area (Å²) in [7, 11) is 1.56. The van der Waals surface area contributed by atoms with Crippen molar-refractivity contribution in [1.29, 1.82) is 0 Å². The number of nitrogens with one attached hydrogen (secondary N) is 2. The molecule has 176 valence electrons. The van der Waals surface area contributed by atoms with Crippen LogP contribution in [0.1, 0.15) is 41.4 Å². The Morgan fingerprint density at radius 1 is 1.06 bits per heavy atom. The highest BCUT2D eigenvalue weighted by molar-refractivity contribution is 6.01. The SMILES string of the molecule is CC(NC(=O)c1c(NC(=O)OCC2c3ccccc3-c3ccccc32)cnn1C)C(C)C(=O)O. The number of aryl methyl sites for hydroxylation is 1. The maximum absolute atomic E-state index is 12.8. The second-order valence-corrected chi connectivity index (χ2v) is 8.37. The van der Waals surface area contributed by atoms with Crippen LogP contribution in [0.4, 0.5) is 10.5 Å². The predicted octanol–water partition coefficient (Wildman–Crippen LogP) is 3.62. The molecule has 2 aromatic carbocycles. The van der Waals surface area contributed by atoms with Crippen molar-refractivity contribution in [3.8, 4) is 11.1 Å². The Morgan fingerprint density at radius 3 is 2.24 bits per heavy atom. The summed E-state index contributed by atoms with van der Waals surface area (Å²) in [5, 5.41) is 18.4. The third-order valence-corrected chi connectivity index (χ3v) is 6.23. The fourth-order valence-corrected chi connectivity index (χ4v) is 4.16. The van der Waals surface area contributed by atoms with Gasteiger partial charge < -0.3 is 15.2 Å². The highest BCUT2D eigenvalue weighted by Gasteiger charge is 2.30. The zero-order valence-corrected chi connectivity index (χ0v) is 19.1. The van der Waals surface area contributed by atoms with Crippen LogP contribution >= 0.6 is 0 Å². The molecule has 9 heteroatoms. The lowest BCUT2D eigenvalue weighted by atomic mass is 9.98. The number of carbonyl (C=O) groups excluding carboxylic acids is 2. The monoisotopic (exact) mass is 462 g/mol. The molecule has 2 amide bonds. The van der Waals surface area contributed by atoms with E-state index >= 15 is 0 Å². The first kappa shape index (κ1) is 23.0. The molecule has 3 aromatic rings. The molecule has 3 N–H and O–H groups in total. The molecule has 1 aliphatic carbocycles. The second kappa shape index (κ2) is 9.38. The maximum atomic E-state index is 12.8. The fourth-order valence-electron chi connectivity index (χ4n) is 4.16. The molecule has 0 spiro atoms. The molecular weight excluding hydrogens is 436 g/mol. The number of carboxylic acid groups (broad SMARTS) is 1. The lowest BCUT2D eigenvalue weighted by Gasteiger charge is -2.18. The number of benzene rings is 2. The number of hydrogen-bond acceptors (Lipinski definition) is 5. The third-order valence-electron chi connectivity index (χ3n) is 6.23. The molecule has 2 unspecified atom stereocenters. The average molecular weight is 463 g/mol. The lowest BCUT2D eigenvalue weighted by Crippen LogP contribution is -2.41. The first-order chi connectivity index (χ1) is 16.3. The first-order valence-corrected chi connectivity index (χ1v) is 11.0. The van der Waals surface area contributed by atoms with Crippen LogP contribution in [0.5, 0.6) is 0 Å². The van der Waals surface area contributed by atoms with Gasteiger partial charge in [-0.15, -0.1) is 0 Å². The Hall–Kier alpha value is -4.14. The molecule has 0 saturated carbocycles. The van der Waals surface area contributed by atoms with Gasteiger partial charge in [-0.1, -0.05) is 48.5 Å². The van der Waals surface area contributed by atoms with Crippen molar-refractivity contribution in [3.05, 3.63) is 71.5 Å². The number of anilines is 1. The standard InChI is InChI=1S/C25H26N4O5/c1-14(24(31)32)15(2)27-23(30)22-21(12-26-29(22)3)28-25(33)34-13-20-18-10-6-4-8-16(18)17-9-5-7-11-19(17)20/h4-12,14-15,20H,13H2,1-3H3,(H,27,30)(H,28,33)(H,31,32). The van der Waals surface area contributed by atoms with Gasteiger partial charge in [0.05, 0.1) is 17.8 Å². The van der Waals surface area contributed by atoms with Crippen LogP contribution in [-0.4, -0.2) is 45.5 Å². The van der Waals surface area contributed by atoms with E-state index in [9.17, 15) is 14.4 Å². The number of hydrogen-bond donors (Lipinski definition) is 3. The Balaban J connectivity index is 1.44. The molecule has 34 heavy (non-hydrogen) atoms. The maximum Gasteiger partial charge on any atom is 0.411 e. The Bertz CT molecular complexity index is 1210. The van der Waals surface area contributed by atoms with Gasteiger partial charge in [-0.2, -0.15) is 5.10 Å². The number of carboxylic acids is 1. The second-order valence-electron chi connectivity index (χ2n) is 8.37. The van der Waals surface area contributed by atoms with Gasteiger partial charge in [0.25, 0.3) is 5.91 Å². The van der Waals surface area contributed by atoms with Crippen molar-refractivity contribution < 1.29 is 24.2 Å². The van der Waals surface area contributed by atoms with Gasteiger partial charge in [-0.25, -0.2) is 4.79 Å². The van der Waals surface area contributed by atoms with Crippen LogP contribution in [-0.2, 0) is 16.6 Å². The van der Waals surface area contributed by atoms with Gasteiger partial charge in [0.15, 0.2) is 0 Å². The van der Waals surface area contributed by atoms with Gasteiger partial charge >= 0.3 is 12.1 Å². The largest absolute Gasteiger partial charge is 0.481 e. The lowest BCUT2D eigenvalue weighted by molar-refractivity contribution is -0.141. The Kier molecular flexibility index (Phi) is 6.36. The summed E-state index contributed by atoms with van der Waals surface area (Å²) in [5.74, 6) is -2.44. The van der Waals surface area contributed by atoms with Crippen molar-refractivity contribution in [2.45, 2.75) is 25.8 Å². The smallest absolute Gasteiger partial charge is 0.411 e. The minimum Gasteiger partial charge on any atom is -0.481 e. The van der Waals surface area contributed by atoms with Crippen LogP contribution in [0.25, 0.3) is 11.1 Å². The molecule has 0 saturated heterocycles. The predicted molar refractivity (Wildman–Crippen MR) is 126 cm³/mol. The molecule has 0 aliphatic heterocycles. The van der Waals surface area contributed by atoms with E-state index in [1.54, 1.807) is 14.0 Å². The molecule has 0 fully saturated rings. The van der Waals surface area contributed by atoms with E-state index in [1.807, 2.05) is 36.4 Å². The summed E-state index contributed by atoms with van der Waals surface area (Å²) in [6, 6.07) is 15.4. The number of fused-ring (bicyclic) bond motifs is 3. The molecule has 9 nitrogen and oxygen atoms in total. The first-order valence-electron chi connectivity index (χ1n) is 11.0. The van der Waals surface area contributed by atoms with Crippen molar-refractivity contribution in [3.63, 3.8) is 0 Å². The number of carbonyl (C=O) groups is 3. The molecule has 4 rings (SSSR count). The Morgan fingerprint density at radius 2 is 1.65 bits per heavy atom. The highest BCUT2D eigenvalue weighted by Crippen LogP contribution is 2.44.